The average molecular weight is 371 g/mol. The second-order valence-corrected chi connectivity index (χ2v) is 5.60. The van der Waals surface area contributed by atoms with Gasteiger partial charge in [0.25, 0.3) is 0 Å². The lowest BCUT2D eigenvalue weighted by Gasteiger charge is -2.10. The Morgan fingerprint density at radius 3 is 2.41 bits per heavy atom. The third-order valence-corrected chi connectivity index (χ3v) is 3.65. The van der Waals surface area contributed by atoms with E-state index in [1.165, 1.54) is 12.1 Å². The van der Waals surface area contributed by atoms with E-state index in [0.717, 1.165) is 18.2 Å². The summed E-state index contributed by atoms with van der Waals surface area (Å²) in [7, 11) is 0. The Morgan fingerprint density at radius 1 is 1.00 bits per heavy atom. The van der Waals surface area contributed by atoms with E-state index < -0.39 is 29.6 Å². The van der Waals surface area contributed by atoms with Crippen molar-refractivity contribution in [1.82, 2.24) is 15.0 Å². The summed E-state index contributed by atoms with van der Waals surface area (Å²) in [5.41, 5.74) is -0.788. The molecule has 6 N–H and O–H groups in total. The molecule has 0 saturated heterocycles. The summed E-state index contributed by atoms with van der Waals surface area (Å²) >= 11 is 0. The minimum absolute atomic E-state index is 0.0687. The highest BCUT2D eigenvalue weighted by molar-refractivity contribution is 5.76. The van der Waals surface area contributed by atoms with E-state index in [1.54, 1.807) is 0 Å². The summed E-state index contributed by atoms with van der Waals surface area (Å²) in [4.78, 5) is 32.9. The second-order valence-electron chi connectivity index (χ2n) is 5.60. The van der Waals surface area contributed by atoms with Gasteiger partial charge in [0.05, 0.1) is 12.0 Å². The molecular weight excluding hydrogens is 358 g/mol. The molecule has 1 aromatic heterocycles. The molecule has 0 unspecified atom stereocenters. The number of hydrogen-bond acceptors (Lipinski definition) is 8. The van der Waals surface area contributed by atoms with E-state index in [9.17, 15) is 30.0 Å². The number of carboxylic acid groups (broad SMARTS) is 1. The van der Waals surface area contributed by atoms with E-state index in [-0.39, 0.29) is 39.8 Å². The van der Waals surface area contributed by atoms with Gasteiger partial charge in [0, 0.05) is 11.1 Å². The summed E-state index contributed by atoms with van der Waals surface area (Å²) in [6, 6.07) is 5.89. The lowest BCUT2D eigenvalue weighted by molar-refractivity contribution is -0.136. The van der Waals surface area contributed by atoms with Crippen LogP contribution in [0, 0.1) is 0 Å². The number of nitrogens with one attached hydrogen (secondary N) is 1. The topological polar surface area (TPSA) is 177 Å². The van der Waals surface area contributed by atoms with Crippen molar-refractivity contribution in [3.8, 4) is 45.8 Å². The Morgan fingerprint density at radius 2 is 1.74 bits per heavy atom. The fraction of sp³-hybridized carbons (Fsp3) is 0.0588. The molecule has 0 bridgehead atoms. The molecule has 138 valence electrons. The van der Waals surface area contributed by atoms with Crippen molar-refractivity contribution in [3.63, 3.8) is 0 Å². The van der Waals surface area contributed by atoms with Crippen LogP contribution in [0.4, 0.5) is 0 Å². The maximum absolute atomic E-state index is 11.9. The van der Waals surface area contributed by atoms with Crippen LogP contribution in [0.25, 0.3) is 22.8 Å². The smallest absolute Gasteiger partial charge is 0.348 e. The molecule has 0 aliphatic carbocycles. The highest BCUT2D eigenvalue weighted by Crippen LogP contribution is 2.35. The van der Waals surface area contributed by atoms with Gasteiger partial charge >= 0.3 is 11.7 Å². The van der Waals surface area contributed by atoms with Gasteiger partial charge in [-0.05, 0) is 30.3 Å². The Balaban J connectivity index is 2.17. The maximum atomic E-state index is 11.9. The Labute approximate surface area is 150 Å². The molecule has 3 rings (SSSR count). The van der Waals surface area contributed by atoms with Crippen LogP contribution >= 0.6 is 0 Å². The van der Waals surface area contributed by atoms with Crippen LogP contribution in [0.3, 0.4) is 0 Å². The summed E-state index contributed by atoms with van der Waals surface area (Å²) in [5, 5.41) is 48.0. The first-order valence-electron chi connectivity index (χ1n) is 7.52. The molecule has 10 heteroatoms. The van der Waals surface area contributed by atoms with Gasteiger partial charge in [0.15, 0.2) is 17.3 Å². The molecule has 0 radical (unpaired) electrons. The minimum Gasteiger partial charge on any atom is -0.508 e. The van der Waals surface area contributed by atoms with Gasteiger partial charge in [-0.1, -0.05) is 0 Å². The fourth-order valence-corrected chi connectivity index (χ4v) is 2.46. The van der Waals surface area contributed by atoms with E-state index in [0.29, 0.717) is 0 Å². The largest absolute Gasteiger partial charge is 0.508 e. The van der Waals surface area contributed by atoms with Gasteiger partial charge < -0.3 is 25.5 Å². The molecule has 0 atom stereocenters. The Kier molecular flexibility index (Phi) is 4.38. The molecule has 0 fully saturated rings. The van der Waals surface area contributed by atoms with Gasteiger partial charge in [-0.3, -0.25) is 9.78 Å². The molecule has 0 aliphatic heterocycles. The van der Waals surface area contributed by atoms with Gasteiger partial charge in [-0.15, -0.1) is 0 Å². The van der Waals surface area contributed by atoms with Crippen molar-refractivity contribution >= 4 is 5.97 Å². The standard InChI is InChI=1S/C17H13N3O7/c21-9-3-8(5-13(24)25)14(26)10(6-9)16-18-15(19-17(27)20-16)7-1-2-11(22)12(23)4-7/h1-4,6,21-23,26H,5H2,(H,24,25)(H,18,19,20,27). The summed E-state index contributed by atoms with van der Waals surface area (Å²) in [6.07, 6.45) is -0.554. The number of phenols is 4. The Hall–Kier alpha value is -4.08. The predicted molar refractivity (Wildman–Crippen MR) is 91.5 cm³/mol. The molecule has 0 saturated carbocycles. The van der Waals surface area contributed by atoms with Crippen LogP contribution in [0.1, 0.15) is 5.56 Å². The number of rotatable bonds is 4. The molecule has 27 heavy (non-hydrogen) atoms. The Bertz CT molecular complexity index is 1110. The van der Waals surface area contributed by atoms with E-state index in [2.05, 4.69) is 15.0 Å². The van der Waals surface area contributed by atoms with Crippen LogP contribution in [0.2, 0.25) is 0 Å². The first kappa shape index (κ1) is 17.7. The average Bonchev–Trinajstić information content (AvgIpc) is 2.59. The molecule has 10 nitrogen and oxygen atoms in total. The number of aromatic nitrogens is 3. The summed E-state index contributed by atoms with van der Waals surface area (Å²) in [5.74, 6) is -3.12. The first-order chi connectivity index (χ1) is 12.7. The molecule has 1 heterocycles. The normalized spacial score (nSPS) is 10.7. The monoisotopic (exact) mass is 371 g/mol. The van der Waals surface area contributed by atoms with Crippen LogP contribution in [0.5, 0.6) is 23.0 Å². The molecule has 2 aromatic carbocycles. The third-order valence-electron chi connectivity index (χ3n) is 3.65. The van der Waals surface area contributed by atoms with Crippen molar-refractivity contribution in [3.05, 3.63) is 46.4 Å². The zero-order valence-electron chi connectivity index (χ0n) is 13.5. The number of aliphatic carboxylic acids is 1. The first-order valence-corrected chi connectivity index (χ1v) is 7.52. The summed E-state index contributed by atoms with van der Waals surface area (Å²) in [6.45, 7) is 0. The van der Waals surface area contributed by atoms with Crippen molar-refractivity contribution in [1.29, 1.82) is 0 Å². The second kappa shape index (κ2) is 6.67. The van der Waals surface area contributed by atoms with Crippen LogP contribution in [-0.2, 0) is 11.2 Å². The number of hydrogen-bond donors (Lipinski definition) is 6. The lowest BCUT2D eigenvalue weighted by Crippen LogP contribution is -2.14. The lowest BCUT2D eigenvalue weighted by atomic mass is 10.0. The van der Waals surface area contributed by atoms with Crippen molar-refractivity contribution in [2.45, 2.75) is 6.42 Å². The van der Waals surface area contributed by atoms with Gasteiger partial charge in [0.2, 0.25) is 0 Å². The van der Waals surface area contributed by atoms with Crippen molar-refractivity contribution in [2.75, 3.05) is 0 Å². The van der Waals surface area contributed by atoms with Crippen LogP contribution in [0.15, 0.2) is 35.1 Å². The minimum atomic E-state index is -1.22. The molecule has 3 aromatic rings. The van der Waals surface area contributed by atoms with E-state index >= 15 is 0 Å². The number of benzene rings is 2. The molecule has 0 aliphatic rings. The van der Waals surface area contributed by atoms with Gasteiger partial charge in [0.1, 0.15) is 17.3 Å². The highest BCUT2D eigenvalue weighted by atomic mass is 16.4. The van der Waals surface area contributed by atoms with Crippen molar-refractivity contribution < 1.29 is 30.3 Å². The van der Waals surface area contributed by atoms with Crippen LogP contribution in [-0.4, -0.2) is 46.5 Å². The number of carboxylic acids is 1. The number of aromatic amines is 1. The molecule has 0 amide bonds. The number of nitrogens with zero attached hydrogens (tertiary/aromatic N) is 2. The fourth-order valence-electron chi connectivity index (χ4n) is 2.46. The third kappa shape index (κ3) is 3.63. The quantitative estimate of drug-likeness (QED) is 0.288. The SMILES string of the molecule is O=C(O)Cc1cc(O)cc(-c2nc(-c3ccc(O)c(O)c3)nc(=O)[nH]2)c1O. The zero-order chi connectivity index (χ0) is 19.7. The van der Waals surface area contributed by atoms with E-state index in [4.69, 9.17) is 5.11 Å². The maximum Gasteiger partial charge on any atom is 0.348 e. The summed E-state index contributed by atoms with van der Waals surface area (Å²) < 4.78 is 0. The number of carbonyl (C=O) groups is 1. The number of H-pyrrole nitrogens is 1. The number of aromatic hydroxyl groups is 4. The van der Waals surface area contributed by atoms with Gasteiger partial charge in [-0.25, -0.2) is 9.78 Å². The van der Waals surface area contributed by atoms with E-state index in [1.807, 2.05) is 0 Å². The van der Waals surface area contributed by atoms with Crippen LogP contribution < -0.4 is 5.69 Å². The predicted octanol–water partition coefficient (Wildman–Crippen LogP) is 0.948. The van der Waals surface area contributed by atoms with Crippen molar-refractivity contribution in [2.24, 2.45) is 0 Å². The van der Waals surface area contributed by atoms with Gasteiger partial charge in [-0.2, -0.15) is 4.98 Å². The highest BCUT2D eigenvalue weighted by Gasteiger charge is 2.17. The zero-order valence-corrected chi connectivity index (χ0v) is 13.5. The molecule has 0 spiro atoms. The molecular formula is C17H13N3O7. The number of phenolic OH excluding ortho intramolecular Hbond substituents is 4.